The van der Waals surface area contributed by atoms with Crippen molar-refractivity contribution in [1.29, 1.82) is 0 Å². The van der Waals surface area contributed by atoms with E-state index < -0.39 is 4.92 Å². The highest BCUT2D eigenvalue weighted by atomic mass is 79.9. The van der Waals surface area contributed by atoms with E-state index >= 15 is 0 Å². The van der Waals surface area contributed by atoms with Crippen molar-refractivity contribution in [3.05, 3.63) is 62.1 Å². The maximum atomic E-state index is 11.0. The molecule has 104 valence electrons. The van der Waals surface area contributed by atoms with Gasteiger partial charge in [-0.2, -0.15) is 0 Å². The molecule has 0 aliphatic heterocycles. The van der Waals surface area contributed by atoms with Crippen molar-refractivity contribution < 1.29 is 9.66 Å². The predicted octanol–water partition coefficient (Wildman–Crippen LogP) is 5.59. The number of halogens is 3. The molecule has 0 N–H and O–H groups in total. The van der Waals surface area contributed by atoms with Crippen molar-refractivity contribution in [1.82, 2.24) is 0 Å². The van der Waals surface area contributed by atoms with Gasteiger partial charge < -0.3 is 4.74 Å². The second-order valence-electron chi connectivity index (χ2n) is 3.83. The summed E-state index contributed by atoms with van der Waals surface area (Å²) < 4.78 is 5.62. The van der Waals surface area contributed by atoms with Crippen molar-refractivity contribution in [2.45, 2.75) is 5.33 Å². The van der Waals surface area contributed by atoms with Crippen molar-refractivity contribution in [3.63, 3.8) is 0 Å². The maximum absolute atomic E-state index is 11.0. The van der Waals surface area contributed by atoms with E-state index in [1.54, 1.807) is 12.1 Å². The number of nitro groups is 1. The third kappa shape index (κ3) is 3.23. The number of para-hydroxylation sites is 1. The van der Waals surface area contributed by atoms with E-state index in [1.807, 2.05) is 6.07 Å². The van der Waals surface area contributed by atoms with Gasteiger partial charge in [0.25, 0.3) is 0 Å². The summed E-state index contributed by atoms with van der Waals surface area (Å²) in [6.07, 6.45) is 0. The quantitative estimate of drug-likeness (QED) is 0.397. The van der Waals surface area contributed by atoms with E-state index in [0.717, 1.165) is 5.56 Å². The Kier molecular flexibility index (Phi) is 4.86. The first-order valence-electron chi connectivity index (χ1n) is 5.48. The largest absolute Gasteiger partial charge is 0.448 e. The smallest absolute Gasteiger partial charge is 0.313 e. The Morgan fingerprint density at radius 3 is 2.65 bits per heavy atom. The van der Waals surface area contributed by atoms with Crippen LogP contribution in [0, 0.1) is 10.1 Å². The summed E-state index contributed by atoms with van der Waals surface area (Å²) >= 11 is 15.2. The third-order valence-corrected chi connectivity index (χ3v) is 3.66. The van der Waals surface area contributed by atoms with Crippen molar-refractivity contribution in [2.24, 2.45) is 0 Å². The van der Waals surface area contributed by atoms with E-state index in [1.165, 1.54) is 18.2 Å². The minimum Gasteiger partial charge on any atom is -0.448 e. The van der Waals surface area contributed by atoms with Crippen molar-refractivity contribution >= 4 is 44.8 Å². The highest BCUT2D eigenvalue weighted by Gasteiger charge is 2.18. The molecule has 0 bridgehead atoms. The summed E-state index contributed by atoms with van der Waals surface area (Å²) in [7, 11) is 0. The molecule has 2 aromatic carbocycles. The number of hydrogen-bond acceptors (Lipinski definition) is 3. The zero-order chi connectivity index (χ0) is 14.7. The molecule has 0 amide bonds. The summed E-state index contributed by atoms with van der Waals surface area (Å²) in [4.78, 5) is 10.5. The number of rotatable bonds is 4. The molecule has 2 aromatic rings. The van der Waals surface area contributed by atoms with E-state index in [9.17, 15) is 10.1 Å². The van der Waals surface area contributed by atoms with Crippen LogP contribution in [0.2, 0.25) is 10.0 Å². The molecular formula is C13H8BrCl2NO3. The van der Waals surface area contributed by atoms with E-state index in [-0.39, 0.29) is 16.5 Å². The molecule has 0 radical (unpaired) electrons. The number of ether oxygens (including phenoxy) is 1. The molecule has 4 nitrogen and oxygen atoms in total. The Morgan fingerprint density at radius 2 is 2.00 bits per heavy atom. The van der Waals surface area contributed by atoms with Crippen LogP contribution in [0.5, 0.6) is 11.5 Å². The second kappa shape index (κ2) is 6.43. The van der Waals surface area contributed by atoms with E-state index in [2.05, 4.69) is 15.9 Å². The van der Waals surface area contributed by atoms with Gasteiger partial charge in [0.05, 0.1) is 9.95 Å². The fraction of sp³-hybridized carbons (Fsp3) is 0.0769. The van der Waals surface area contributed by atoms with E-state index in [4.69, 9.17) is 27.9 Å². The van der Waals surface area contributed by atoms with Gasteiger partial charge >= 0.3 is 5.69 Å². The standard InChI is InChI=1S/C13H8BrCl2NO3/c14-7-8-2-1-3-10(16)13(8)20-12-5-4-9(15)6-11(12)17(18)19/h1-6H,7H2. The Balaban J connectivity index is 2.48. The van der Waals surface area contributed by atoms with Crippen molar-refractivity contribution in [2.75, 3.05) is 0 Å². The van der Waals surface area contributed by atoms with Gasteiger partial charge in [-0.25, -0.2) is 0 Å². The number of nitro benzene ring substituents is 1. The SMILES string of the molecule is O=[N+]([O-])c1cc(Cl)ccc1Oc1c(Cl)cccc1CBr. The topological polar surface area (TPSA) is 52.4 Å². The van der Waals surface area contributed by atoms with Gasteiger partial charge in [-0.05, 0) is 18.2 Å². The average molecular weight is 377 g/mol. The molecule has 20 heavy (non-hydrogen) atoms. The lowest BCUT2D eigenvalue weighted by Crippen LogP contribution is -1.96. The fourth-order valence-corrected chi connectivity index (χ4v) is 2.44. The predicted molar refractivity (Wildman–Crippen MR) is 82.3 cm³/mol. The lowest BCUT2D eigenvalue weighted by molar-refractivity contribution is -0.385. The van der Waals surface area contributed by atoms with Crippen LogP contribution in [0.25, 0.3) is 0 Å². The average Bonchev–Trinajstić information content (AvgIpc) is 2.42. The van der Waals surface area contributed by atoms with Gasteiger partial charge in [0, 0.05) is 22.0 Å². The highest BCUT2D eigenvalue weighted by Crippen LogP contribution is 2.38. The molecule has 0 saturated heterocycles. The van der Waals surface area contributed by atoms with Gasteiger partial charge in [0.2, 0.25) is 5.75 Å². The van der Waals surface area contributed by atoms with Crippen LogP contribution in [-0.2, 0) is 5.33 Å². The number of hydrogen-bond donors (Lipinski definition) is 0. The lowest BCUT2D eigenvalue weighted by atomic mass is 10.2. The minimum atomic E-state index is -0.550. The summed E-state index contributed by atoms with van der Waals surface area (Å²) in [5, 5.41) is 12.2. The summed E-state index contributed by atoms with van der Waals surface area (Å²) in [6, 6.07) is 9.46. The first kappa shape index (κ1) is 15.1. The molecule has 7 heteroatoms. The van der Waals surface area contributed by atoms with Crippen LogP contribution in [0.15, 0.2) is 36.4 Å². The van der Waals surface area contributed by atoms with Gasteiger partial charge in [0.15, 0.2) is 0 Å². The highest BCUT2D eigenvalue weighted by molar-refractivity contribution is 9.08. The van der Waals surface area contributed by atoms with Crippen LogP contribution < -0.4 is 4.74 Å². The first-order chi connectivity index (χ1) is 9.52. The summed E-state index contributed by atoms with van der Waals surface area (Å²) in [6.45, 7) is 0. The molecule has 0 saturated carbocycles. The Labute approximate surface area is 133 Å². The zero-order valence-electron chi connectivity index (χ0n) is 9.98. The monoisotopic (exact) mass is 375 g/mol. The lowest BCUT2D eigenvalue weighted by Gasteiger charge is -2.11. The number of nitrogens with zero attached hydrogens (tertiary/aromatic N) is 1. The van der Waals surface area contributed by atoms with Crippen LogP contribution in [0.3, 0.4) is 0 Å². The third-order valence-electron chi connectivity index (χ3n) is 2.52. The van der Waals surface area contributed by atoms with Gasteiger partial charge in [-0.3, -0.25) is 10.1 Å². The van der Waals surface area contributed by atoms with E-state index in [0.29, 0.717) is 16.1 Å². The van der Waals surface area contributed by atoms with Crippen LogP contribution in [0.1, 0.15) is 5.56 Å². The molecule has 0 fully saturated rings. The van der Waals surface area contributed by atoms with Crippen LogP contribution >= 0.6 is 39.1 Å². The maximum Gasteiger partial charge on any atom is 0.313 e. The minimum absolute atomic E-state index is 0.0923. The Morgan fingerprint density at radius 1 is 1.25 bits per heavy atom. The van der Waals surface area contributed by atoms with Gasteiger partial charge in [-0.1, -0.05) is 51.3 Å². The second-order valence-corrected chi connectivity index (χ2v) is 5.24. The number of alkyl halides is 1. The molecule has 0 aliphatic rings. The number of benzene rings is 2. The Bertz CT molecular complexity index is 664. The van der Waals surface area contributed by atoms with Crippen molar-refractivity contribution in [3.8, 4) is 11.5 Å². The van der Waals surface area contributed by atoms with Gasteiger partial charge in [-0.15, -0.1) is 0 Å². The zero-order valence-corrected chi connectivity index (χ0v) is 13.1. The Hall–Kier alpha value is -1.30. The normalized spacial score (nSPS) is 10.3. The molecule has 2 rings (SSSR count). The molecule has 0 aromatic heterocycles. The summed E-state index contributed by atoms with van der Waals surface area (Å²) in [5.74, 6) is 0.478. The molecule has 0 spiro atoms. The van der Waals surface area contributed by atoms with Gasteiger partial charge in [0.1, 0.15) is 5.75 Å². The summed E-state index contributed by atoms with van der Waals surface area (Å²) in [5.41, 5.74) is 0.583. The molecule has 0 heterocycles. The fourth-order valence-electron chi connectivity index (χ4n) is 1.60. The van der Waals surface area contributed by atoms with Crippen LogP contribution in [-0.4, -0.2) is 4.92 Å². The van der Waals surface area contributed by atoms with Crippen LogP contribution in [0.4, 0.5) is 5.69 Å². The molecular weight excluding hydrogens is 369 g/mol. The first-order valence-corrected chi connectivity index (χ1v) is 7.36. The molecule has 0 atom stereocenters. The molecule has 0 unspecified atom stereocenters. The molecule has 0 aliphatic carbocycles.